The third kappa shape index (κ3) is 4.16. The molecular weight excluding hydrogens is 372 g/mol. The van der Waals surface area contributed by atoms with Crippen molar-refractivity contribution in [3.63, 3.8) is 0 Å². The zero-order chi connectivity index (χ0) is 21.0. The fourth-order valence-corrected chi connectivity index (χ4v) is 2.99. The summed E-state index contributed by atoms with van der Waals surface area (Å²) in [6.07, 6.45) is 3.07. The molecule has 0 atom stereocenters. The minimum absolute atomic E-state index is 0.0582. The Morgan fingerprint density at radius 1 is 0.966 bits per heavy atom. The van der Waals surface area contributed by atoms with Gasteiger partial charge in [-0.1, -0.05) is 48.5 Å². The van der Waals surface area contributed by atoms with Crippen LogP contribution in [0.4, 0.5) is 11.4 Å². The van der Waals surface area contributed by atoms with Crippen LogP contribution in [0.3, 0.4) is 0 Å². The van der Waals surface area contributed by atoms with Crippen molar-refractivity contribution in [2.75, 3.05) is 4.90 Å². The molecule has 0 fully saturated rings. The summed E-state index contributed by atoms with van der Waals surface area (Å²) in [7, 11) is 2.62. The highest BCUT2D eigenvalue weighted by atomic mass is 16.6. The monoisotopic (exact) mass is 392 g/mol. The van der Waals surface area contributed by atoms with Gasteiger partial charge in [-0.15, -0.1) is 0 Å². The maximum Gasteiger partial charge on any atom is 0.357 e. The van der Waals surface area contributed by atoms with Crippen LogP contribution in [0.1, 0.15) is 11.3 Å². The minimum atomic E-state index is -0.938. The third-order valence-electron chi connectivity index (χ3n) is 4.56. The van der Waals surface area contributed by atoms with E-state index < -0.39 is 21.9 Å². The van der Waals surface area contributed by atoms with E-state index in [2.05, 4.69) is 0 Å². The molecule has 1 heterocycles. The van der Waals surface area contributed by atoms with Gasteiger partial charge in [-0.2, -0.15) is 0 Å². The van der Waals surface area contributed by atoms with Crippen LogP contribution in [0.25, 0.3) is 6.08 Å². The van der Waals surface area contributed by atoms with Crippen LogP contribution in [0.15, 0.2) is 76.5 Å². The first-order valence-electron chi connectivity index (χ1n) is 8.88. The number of hydrogen-bond donors (Lipinski definition) is 0. The van der Waals surface area contributed by atoms with E-state index in [1.807, 2.05) is 65.6 Å². The van der Waals surface area contributed by atoms with Crippen molar-refractivity contribution < 1.29 is 4.92 Å². The van der Waals surface area contributed by atoms with Crippen LogP contribution in [-0.2, 0) is 20.6 Å². The van der Waals surface area contributed by atoms with Gasteiger partial charge in [-0.05, 0) is 23.8 Å². The summed E-state index contributed by atoms with van der Waals surface area (Å²) < 4.78 is 1.83. The predicted octanol–water partition coefficient (Wildman–Crippen LogP) is 2.67. The second-order valence-electron chi connectivity index (χ2n) is 6.46. The number of benzene rings is 2. The van der Waals surface area contributed by atoms with Crippen LogP contribution in [-0.4, -0.2) is 14.1 Å². The van der Waals surface area contributed by atoms with Crippen molar-refractivity contribution in [2.24, 2.45) is 14.1 Å². The molecule has 0 radical (unpaired) electrons. The van der Waals surface area contributed by atoms with Gasteiger partial charge < -0.3 is 4.90 Å². The highest BCUT2D eigenvalue weighted by molar-refractivity contribution is 5.61. The van der Waals surface area contributed by atoms with Crippen LogP contribution < -0.4 is 16.1 Å². The van der Waals surface area contributed by atoms with Crippen molar-refractivity contribution in [3.05, 3.63) is 109 Å². The number of aromatic nitrogens is 2. The van der Waals surface area contributed by atoms with E-state index in [1.165, 1.54) is 20.2 Å². The van der Waals surface area contributed by atoms with Crippen LogP contribution in [0, 0.1) is 10.1 Å². The summed E-state index contributed by atoms with van der Waals surface area (Å²) in [5.74, 6) is 0. The lowest BCUT2D eigenvalue weighted by molar-refractivity contribution is -0.387. The smallest absolute Gasteiger partial charge is 0.343 e. The van der Waals surface area contributed by atoms with Gasteiger partial charge in [0.05, 0.1) is 4.92 Å². The van der Waals surface area contributed by atoms with Crippen molar-refractivity contribution in [1.82, 2.24) is 9.13 Å². The lowest BCUT2D eigenvalue weighted by Crippen LogP contribution is -2.39. The first-order valence-corrected chi connectivity index (χ1v) is 8.88. The average molecular weight is 392 g/mol. The average Bonchev–Trinajstić information content (AvgIpc) is 2.73. The Morgan fingerprint density at radius 3 is 2.14 bits per heavy atom. The molecule has 3 aromatic rings. The molecule has 0 unspecified atom stereocenters. The van der Waals surface area contributed by atoms with Gasteiger partial charge >= 0.3 is 16.9 Å². The molecule has 8 heteroatoms. The zero-order valence-corrected chi connectivity index (χ0v) is 16.1. The van der Waals surface area contributed by atoms with Gasteiger partial charge in [0.2, 0.25) is 0 Å². The topological polar surface area (TPSA) is 90.4 Å². The molecule has 29 heavy (non-hydrogen) atoms. The van der Waals surface area contributed by atoms with Gasteiger partial charge in [0.15, 0.2) is 0 Å². The molecule has 0 aliphatic carbocycles. The van der Waals surface area contributed by atoms with E-state index in [9.17, 15) is 19.7 Å². The predicted molar refractivity (Wildman–Crippen MR) is 112 cm³/mol. The molecular formula is C21H20N4O4. The summed E-state index contributed by atoms with van der Waals surface area (Å²) in [6, 6.07) is 19.2. The van der Waals surface area contributed by atoms with E-state index >= 15 is 0 Å². The van der Waals surface area contributed by atoms with Crippen molar-refractivity contribution in [3.8, 4) is 0 Å². The zero-order valence-electron chi connectivity index (χ0n) is 16.1. The quantitative estimate of drug-likeness (QED) is 0.475. The van der Waals surface area contributed by atoms with Gasteiger partial charge in [0.25, 0.3) is 0 Å². The molecule has 0 N–H and O–H groups in total. The maximum atomic E-state index is 12.3. The van der Waals surface area contributed by atoms with E-state index in [-0.39, 0.29) is 5.69 Å². The van der Waals surface area contributed by atoms with Gasteiger partial charge in [0.1, 0.15) is 5.69 Å². The largest absolute Gasteiger partial charge is 0.357 e. The summed E-state index contributed by atoms with van der Waals surface area (Å²) >= 11 is 0. The normalized spacial score (nSPS) is 11.0. The van der Waals surface area contributed by atoms with Crippen molar-refractivity contribution in [1.29, 1.82) is 0 Å². The summed E-state index contributed by atoms with van der Waals surface area (Å²) in [6.45, 7) is 0.508. The molecule has 0 aliphatic heterocycles. The number of anilines is 1. The van der Waals surface area contributed by atoms with Crippen molar-refractivity contribution >= 4 is 17.5 Å². The fraction of sp³-hybridized carbons (Fsp3) is 0.143. The summed E-state index contributed by atoms with van der Waals surface area (Å²) in [5, 5.41) is 11.5. The van der Waals surface area contributed by atoms with E-state index in [4.69, 9.17) is 0 Å². The second-order valence-corrected chi connectivity index (χ2v) is 6.46. The molecule has 0 saturated heterocycles. The Kier molecular flexibility index (Phi) is 5.73. The lowest BCUT2D eigenvalue weighted by Gasteiger charge is -2.21. The molecule has 8 nitrogen and oxygen atoms in total. The number of hydrogen-bond acceptors (Lipinski definition) is 5. The molecule has 0 bridgehead atoms. The molecule has 0 spiro atoms. The number of para-hydroxylation sites is 1. The Hall–Kier alpha value is -3.94. The fourth-order valence-electron chi connectivity index (χ4n) is 2.99. The Balaban J connectivity index is 2.10. The first kappa shape index (κ1) is 19.8. The van der Waals surface area contributed by atoms with Crippen LogP contribution in [0.5, 0.6) is 0 Å². The van der Waals surface area contributed by atoms with Gasteiger partial charge in [-0.25, -0.2) is 4.79 Å². The number of nitro groups is 1. The van der Waals surface area contributed by atoms with E-state index in [0.717, 1.165) is 20.4 Å². The standard InChI is InChI=1S/C21H20N4O4/c1-22-18(19(25(28)29)20(26)23(2)21(22)27)13-14-24(17-11-7-4-8-12-17)15-16-9-5-3-6-10-16/h3-14H,15H2,1-2H3/b14-13+. The molecule has 2 aromatic carbocycles. The van der Waals surface area contributed by atoms with E-state index in [0.29, 0.717) is 6.54 Å². The molecule has 0 aliphatic rings. The number of rotatable bonds is 6. The Morgan fingerprint density at radius 2 is 1.55 bits per heavy atom. The lowest BCUT2D eigenvalue weighted by atomic mass is 10.2. The highest BCUT2D eigenvalue weighted by Gasteiger charge is 2.23. The van der Waals surface area contributed by atoms with E-state index in [1.54, 1.807) is 6.20 Å². The summed E-state index contributed by atoms with van der Waals surface area (Å²) in [5.41, 5.74) is -0.366. The highest BCUT2D eigenvalue weighted by Crippen LogP contribution is 2.20. The Labute approximate surface area is 166 Å². The summed E-state index contributed by atoms with van der Waals surface area (Å²) in [4.78, 5) is 37.1. The molecule has 148 valence electrons. The molecule has 3 rings (SSSR count). The third-order valence-corrected chi connectivity index (χ3v) is 4.56. The Bertz CT molecular complexity index is 1170. The van der Waals surface area contributed by atoms with Crippen molar-refractivity contribution in [2.45, 2.75) is 6.54 Å². The van der Waals surface area contributed by atoms with Crippen LogP contribution >= 0.6 is 0 Å². The molecule has 0 amide bonds. The minimum Gasteiger partial charge on any atom is -0.343 e. The molecule has 0 saturated carbocycles. The van der Waals surface area contributed by atoms with Gasteiger partial charge in [-0.3, -0.25) is 24.0 Å². The SMILES string of the molecule is Cn1c(/C=C/N(Cc2ccccc2)c2ccccc2)c([N+](=O)[O-])c(=O)n(C)c1=O. The first-order chi connectivity index (χ1) is 13.9. The molecule has 1 aromatic heterocycles. The maximum absolute atomic E-state index is 12.3. The second kappa shape index (κ2) is 8.39. The van der Waals surface area contributed by atoms with Gasteiger partial charge in [0, 0.05) is 32.5 Å². The number of nitrogens with zero attached hydrogens (tertiary/aromatic N) is 4. The van der Waals surface area contributed by atoms with Crippen LogP contribution in [0.2, 0.25) is 0 Å².